The maximum absolute atomic E-state index is 5.60. The molecule has 2 rings (SSSR count). The third-order valence-electron chi connectivity index (χ3n) is 2.56. The van der Waals surface area contributed by atoms with Crippen molar-refractivity contribution < 1.29 is 9.47 Å². The molecule has 4 nitrogen and oxygen atoms in total. The van der Waals surface area contributed by atoms with E-state index in [0.717, 1.165) is 30.9 Å². The van der Waals surface area contributed by atoms with Gasteiger partial charge in [0.25, 0.3) is 0 Å². The second-order valence-electron chi connectivity index (χ2n) is 3.95. The molecule has 1 atom stereocenters. The quantitative estimate of drug-likeness (QED) is 0.739. The van der Waals surface area contributed by atoms with Gasteiger partial charge in [0.2, 0.25) is 0 Å². The Morgan fingerprint density at radius 1 is 1.38 bits per heavy atom. The molecule has 16 heavy (non-hydrogen) atoms. The Balaban J connectivity index is 1.69. The normalized spacial score (nSPS) is 20.9. The smallest absolute Gasteiger partial charge is 0.0933 e. The molecule has 1 aliphatic heterocycles. The molecule has 1 saturated heterocycles. The molecule has 0 radical (unpaired) electrons. The minimum absolute atomic E-state index is 0.183. The number of anilines is 1. The standard InChI is InChI=1S/C12H18N2O2/c13-11-3-1-10(2-4-11)8-15-9-12-7-14-5-6-16-12/h1-4,12,14H,5-9,13H2. The largest absolute Gasteiger partial charge is 0.399 e. The van der Waals surface area contributed by atoms with Crippen LogP contribution in [0.4, 0.5) is 5.69 Å². The van der Waals surface area contributed by atoms with Gasteiger partial charge >= 0.3 is 0 Å². The molecule has 1 aliphatic rings. The summed E-state index contributed by atoms with van der Waals surface area (Å²) in [5.74, 6) is 0. The molecule has 1 heterocycles. The Hall–Kier alpha value is -1.10. The van der Waals surface area contributed by atoms with E-state index in [1.165, 1.54) is 0 Å². The van der Waals surface area contributed by atoms with E-state index < -0.39 is 0 Å². The molecule has 3 N–H and O–H groups in total. The summed E-state index contributed by atoms with van der Waals surface area (Å²) in [5.41, 5.74) is 7.52. The Kier molecular flexibility index (Phi) is 4.16. The van der Waals surface area contributed by atoms with Gasteiger partial charge in [-0.15, -0.1) is 0 Å². The topological polar surface area (TPSA) is 56.5 Å². The minimum Gasteiger partial charge on any atom is -0.399 e. The highest BCUT2D eigenvalue weighted by Crippen LogP contribution is 2.07. The van der Waals surface area contributed by atoms with Gasteiger partial charge < -0.3 is 20.5 Å². The number of nitrogens with two attached hydrogens (primary N) is 1. The van der Waals surface area contributed by atoms with Crippen molar-refractivity contribution in [1.82, 2.24) is 5.32 Å². The summed E-state index contributed by atoms with van der Waals surface area (Å²) in [6, 6.07) is 7.74. The number of hydrogen-bond donors (Lipinski definition) is 2. The summed E-state index contributed by atoms with van der Waals surface area (Å²) < 4.78 is 11.1. The molecule has 1 aromatic rings. The highest BCUT2D eigenvalue weighted by atomic mass is 16.5. The lowest BCUT2D eigenvalue weighted by molar-refractivity contribution is -0.0357. The fourth-order valence-electron chi connectivity index (χ4n) is 1.65. The second kappa shape index (κ2) is 5.84. The maximum atomic E-state index is 5.60. The molecular weight excluding hydrogens is 204 g/mol. The number of rotatable bonds is 4. The zero-order valence-corrected chi connectivity index (χ0v) is 9.32. The van der Waals surface area contributed by atoms with Gasteiger partial charge in [-0.3, -0.25) is 0 Å². The molecule has 0 spiro atoms. The van der Waals surface area contributed by atoms with Crippen LogP contribution in [0.25, 0.3) is 0 Å². The average molecular weight is 222 g/mol. The lowest BCUT2D eigenvalue weighted by Gasteiger charge is -2.23. The number of nitrogens with one attached hydrogen (secondary N) is 1. The first-order valence-electron chi connectivity index (χ1n) is 5.59. The lowest BCUT2D eigenvalue weighted by atomic mass is 10.2. The van der Waals surface area contributed by atoms with Crippen LogP contribution in [0.15, 0.2) is 24.3 Å². The molecule has 0 aliphatic carbocycles. The number of nitrogen functional groups attached to an aromatic ring is 1. The number of hydrogen-bond acceptors (Lipinski definition) is 4. The van der Waals surface area contributed by atoms with E-state index >= 15 is 0 Å². The van der Waals surface area contributed by atoms with Gasteiger partial charge in [-0.05, 0) is 17.7 Å². The number of benzene rings is 1. The lowest BCUT2D eigenvalue weighted by Crippen LogP contribution is -2.40. The summed E-state index contributed by atoms with van der Waals surface area (Å²) in [4.78, 5) is 0. The average Bonchev–Trinajstić information content (AvgIpc) is 2.33. The predicted octanol–water partition coefficient (Wildman–Crippen LogP) is 0.774. The van der Waals surface area contributed by atoms with Crippen LogP contribution < -0.4 is 11.1 Å². The molecule has 4 heteroatoms. The van der Waals surface area contributed by atoms with Crippen molar-refractivity contribution in [1.29, 1.82) is 0 Å². The minimum atomic E-state index is 0.183. The Morgan fingerprint density at radius 2 is 2.19 bits per heavy atom. The van der Waals surface area contributed by atoms with E-state index in [1.54, 1.807) is 0 Å². The van der Waals surface area contributed by atoms with Crippen molar-refractivity contribution in [3.05, 3.63) is 29.8 Å². The van der Waals surface area contributed by atoms with Gasteiger partial charge in [0, 0.05) is 18.8 Å². The van der Waals surface area contributed by atoms with Gasteiger partial charge in [0.1, 0.15) is 0 Å². The van der Waals surface area contributed by atoms with Crippen LogP contribution in [0.3, 0.4) is 0 Å². The van der Waals surface area contributed by atoms with E-state index in [9.17, 15) is 0 Å². The van der Waals surface area contributed by atoms with Crippen molar-refractivity contribution in [3.63, 3.8) is 0 Å². The first kappa shape index (κ1) is 11.4. The number of morpholine rings is 1. The van der Waals surface area contributed by atoms with Crippen LogP contribution in [0, 0.1) is 0 Å². The van der Waals surface area contributed by atoms with Crippen LogP contribution >= 0.6 is 0 Å². The summed E-state index contributed by atoms with van der Waals surface area (Å²) in [6.45, 7) is 3.84. The van der Waals surface area contributed by atoms with Gasteiger partial charge in [-0.2, -0.15) is 0 Å². The molecule has 1 fully saturated rings. The van der Waals surface area contributed by atoms with E-state index in [1.807, 2.05) is 24.3 Å². The monoisotopic (exact) mass is 222 g/mol. The SMILES string of the molecule is Nc1ccc(COCC2CNCCO2)cc1. The molecule has 0 bridgehead atoms. The summed E-state index contributed by atoms with van der Waals surface area (Å²) in [6.07, 6.45) is 0.183. The zero-order valence-electron chi connectivity index (χ0n) is 9.32. The van der Waals surface area contributed by atoms with Crippen molar-refractivity contribution in [3.8, 4) is 0 Å². The van der Waals surface area contributed by atoms with E-state index in [-0.39, 0.29) is 6.10 Å². The molecule has 0 aromatic heterocycles. The summed E-state index contributed by atoms with van der Waals surface area (Å²) >= 11 is 0. The van der Waals surface area contributed by atoms with E-state index in [0.29, 0.717) is 13.2 Å². The zero-order chi connectivity index (χ0) is 11.2. The molecule has 0 amide bonds. The van der Waals surface area contributed by atoms with Crippen LogP contribution in [0.1, 0.15) is 5.56 Å². The predicted molar refractivity (Wildman–Crippen MR) is 63.1 cm³/mol. The van der Waals surface area contributed by atoms with Gasteiger partial charge in [0.15, 0.2) is 0 Å². The van der Waals surface area contributed by atoms with Crippen LogP contribution in [-0.4, -0.2) is 32.4 Å². The maximum Gasteiger partial charge on any atom is 0.0933 e. The summed E-state index contributed by atoms with van der Waals surface area (Å²) in [7, 11) is 0. The Bertz CT molecular complexity index is 307. The van der Waals surface area contributed by atoms with E-state index in [2.05, 4.69) is 5.32 Å². The second-order valence-corrected chi connectivity index (χ2v) is 3.95. The van der Waals surface area contributed by atoms with Gasteiger partial charge in [-0.1, -0.05) is 12.1 Å². The van der Waals surface area contributed by atoms with Crippen molar-refractivity contribution in [2.75, 3.05) is 32.0 Å². The van der Waals surface area contributed by atoms with Crippen molar-refractivity contribution in [2.45, 2.75) is 12.7 Å². The molecule has 1 aromatic carbocycles. The third kappa shape index (κ3) is 3.48. The number of ether oxygens (including phenoxy) is 2. The first-order chi connectivity index (χ1) is 7.84. The molecule has 1 unspecified atom stereocenters. The van der Waals surface area contributed by atoms with E-state index in [4.69, 9.17) is 15.2 Å². The van der Waals surface area contributed by atoms with Crippen molar-refractivity contribution in [2.24, 2.45) is 0 Å². The first-order valence-corrected chi connectivity index (χ1v) is 5.59. The van der Waals surface area contributed by atoms with Gasteiger partial charge in [-0.25, -0.2) is 0 Å². The molecule has 88 valence electrons. The molecule has 0 saturated carbocycles. The fourth-order valence-corrected chi connectivity index (χ4v) is 1.65. The van der Waals surface area contributed by atoms with Crippen LogP contribution in [0.2, 0.25) is 0 Å². The highest BCUT2D eigenvalue weighted by Gasteiger charge is 2.12. The van der Waals surface area contributed by atoms with Crippen LogP contribution in [-0.2, 0) is 16.1 Å². The molecular formula is C12H18N2O2. The summed E-state index contributed by atoms with van der Waals surface area (Å²) in [5, 5.41) is 3.27. The third-order valence-corrected chi connectivity index (χ3v) is 2.56. The Morgan fingerprint density at radius 3 is 2.88 bits per heavy atom. The highest BCUT2D eigenvalue weighted by molar-refractivity contribution is 5.39. The van der Waals surface area contributed by atoms with Crippen LogP contribution in [0.5, 0.6) is 0 Å². The fraction of sp³-hybridized carbons (Fsp3) is 0.500. The van der Waals surface area contributed by atoms with Crippen molar-refractivity contribution >= 4 is 5.69 Å². The van der Waals surface area contributed by atoms with Gasteiger partial charge in [0.05, 0.1) is 25.9 Å². The Labute approximate surface area is 95.7 Å².